The molecule has 1 aliphatic heterocycles. The predicted molar refractivity (Wildman–Crippen MR) is 97.0 cm³/mol. The number of rotatable bonds is 2. The van der Waals surface area contributed by atoms with E-state index in [-0.39, 0.29) is 0 Å². The van der Waals surface area contributed by atoms with Gasteiger partial charge in [0.1, 0.15) is 0 Å². The van der Waals surface area contributed by atoms with E-state index in [9.17, 15) is 0 Å². The maximum absolute atomic E-state index is 5.50. The Morgan fingerprint density at radius 1 is 0.957 bits per heavy atom. The summed E-state index contributed by atoms with van der Waals surface area (Å²) < 4.78 is 0. The van der Waals surface area contributed by atoms with E-state index in [0.29, 0.717) is 6.04 Å². The Bertz CT molecular complexity index is 583. The average Bonchev–Trinajstić information content (AvgIpc) is 2.64. The lowest BCUT2D eigenvalue weighted by atomic mass is 9.82. The maximum atomic E-state index is 5.50. The van der Waals surface area contributed by atoms with Gasteiger partial charge in [-0.2, -0.15) is 0 Å². The van der Waals surface area contributed by atoms with E-state index in [1.807, 2.05) is 18.2 Å². The van der Waals surface area contributed by atoms with Gasteiger partial charge in [-0.15, -0.1) is 6.42 Å². The molecule has 1 atom stereocenters. The molecule has 2 fully saturated rings. The molecule has 3 rings (SSSR count). The highest BCUT2D eigenvalue weighted by molar-refractivity contribution is 5.43. The molecule has 120 valence electrons. The van der Waals surface area contributed by atoms with Crippen molar-refractivity contribution in [1.29, 1.82) is 0 Å². The molecule has 1 saturated carbocycles. The Labute approximate surface area is 141 Å². The number of terminal acetylenes is 1. The van der Waals surface area contributed by atoms with Gasteiger partial charge in [-0.25, -0.2) is 0 Å². The molecule has 0 spiro atoms. The molecule has 1 saturated heterocycles. The third-order valence-corrected chi connectivity index (χ3v) is 5.27. The quantitative estimate of drug-likeness (QED) is 0.729. The van der Waals surface area contributed by atoms with Crippen LogP contribution in [0.5, 0.6) is 0 Å². The fraction of sp³-hybridized carbons (Fsp3) is 0.545. The molecule has 1 nitrogen and oxygen atoms in total. The van der Waals surface area contributed by atoms with Crippen LogP contribution in [0.15, 0.2) is 24.3 Å². The number of nitrogens with zero attached hydrogens (tertiary/aromatic N) is 1. The third kappa shape index (κ3) is 4.40. The van der Waals surface area contributed by atoms with Gasteiger partial charge in [-0.1, -0.05) is 49.5 Å². The predicted octanol–water partition coefficient (Wildman–Crippen LogP) is 4.45. The van der Waals surface area contributed by atoms with Crippen LogP contribution in [-0.4, -0.2) is 24.0 Å². The van der Waals surface area contributed by atoms with Gasteiger partial charge in [0.25, 0.3) is 0 Å². The average molecular weight is 305 g/mol. The fourth-order valence-electron chi connectivity index (χ4n) is 4.00. The topological polar surface area (TPSA) is 3.24 Å². The molecule has 0 amide bonds. The lowest BCUT2D eigenvalue weighted by Crippen LogP contribution is -2.43. The van der Waals surface area contributed by atoms with E-state index >= 15 is 0 Å². The summed E-state index contributed by atoms with van der Waals surface area (Å²) in [6.07, 6.45) is 16.4. The van der Waals surface area contributed by atoms with Crippen LogP contribution >= 0.6 is 0 Å². The highest BCUT2D eigenvalue weighted by atomic mass is 15.2. The van der Waals surface area contributed by atoms with Crippen LogP contribution in [0.4, 0.5) is 0 Å². The van der Waals surface area contributed by atoms with Crippen LogP contribution < -0.4 is 0 Å². The first-order valence-electron chi connectivity index (χ1n) is 9.19. The first-order chi connectivity index (χ1) is 11.4. The fourth-order valence-corrected chi connectivity index (χ4v) is 4.00. The zero-order chi connectivity index (χ0) is 15.9. The number of benzene rings is 1. The van der Waals surface area contributed by atoms with Crippen molar-refractivity contribution >= 4 is 0 Å². The van der Waals surface area contributed by atoms with Crippen molar-refractivity contribution in [2.45, 2.75) is 57.4 Å². The molecule has 23 heavy (non-hydrogen) atoms. The summed E-state index contributed by atoms with van der Waals surface area (Å²) in [5.41, 5.74) is 1.97. The molecule has 0 radical (unpaired) electrons. The Hall–Kier alpha value is -1.70. The zero-order valence-electron chi connectivity index (χ0n) is 14.1. The van der Waals surface area contributed by atoms with Gasteiger partial charge in [0, 0.05) is 11.1 Å². The Balaban J connectivity index is 1.80. The van der Waals surface area contributed by atoms with Gasteiger partial charge < -0.3 is 0 Å². The largest absolute Gasteiger partial charge is 0.290 e. The summed E-state index contributed by atoms with van der Waals surface area (Å²) >= 11 is 0. The summed E-state index contributed by atoms with van der Waals surface area (Å²) in [5, 5.41) is 0. The van der Waals surface area contributed by atoms with Crippen molar-refractivity contribution in [3.8, 4) is 24.2 Å². The van der Waals surface area contributed by atoms with Crippen molar-refractivity contribution in [2.75, 3.05) is 13.1 Å². The zero-order valence-corrected chi connectivity index (χ0v) is 14.1. The molecule has 2 aliphatic rings. The van der Waals surface area contributed by atoms with Crippen molar-refractivity contribution in [1.82, 2.24) is 4.90 Å². The molecule has 0 N–H and O–H groups in total. The third-order valence-electron chi connectivity index (χ3n) is 5.27. The minimum atomic E-state index is 0.435. The van der Waals surface area contributed by atoms with Crippen LogP contribution in [0.25, 0.3) is 0 Å². The first-order valence-corrected chi connectivity index (χ1v) is 9.19. The van der Waals surface area contributed by atoms with Gasteiger partial charge in [-0.3, -0.25) is 4.90 Å². The smallest absolute Gasteiger partial charge is 0.0746 e. The second kappa shape index (κ2) is 8.24. The molecule has 1 aromatic rings. The first kappa shape index (κ1) is 16.2. The molecule has 0 aromatic heterocycles. The molecule has 1 heterocycles. The SMILES string of the molecule is C#Cc1cccc(C#C[C@@H](C2CCCCC2)N2CCCCC2)c1. The van der Waals surface area contributed by atoms with Crippen LogP contribution in [0, 0.1) is 30.1 Å². The molecule has 0 bridgehead atoms. The number of piperidine rings is 1. The molecular weight excluding hydrogens is 278 g/mol. The normalized spacial score (nSPS) is 21.0. The van der Waals surface area contributed by atoms with Crippen LogP contribution in [0.3, 0.4) is 0 Å². The van der Waals surface area contributed by atoms with E-state index in [4.69, 9.17) is 6.42 Å². The van der Waals surface area contributed by atoms with E-state index in [2.05, 4.69) is 28.7 Å². The Kier molecular flexibility index (Phi) is 5.79. The molecule has 0 unspecified atom stereocenters. The van der Waals surface area contributed by atoms with E-state index < -0.39 is 0 Å². The summed E-state index contributed by atoms with van der Waals surface area (Å²) in [5.74, 6) is 10.5. The maximum Gasteiger partial charge on any atom is 0.0746 e. The summed E-state index contributed by atoms with van der Waals surface area (Å²) in [6, 6.07) is 8.51. The van der Waals surface area contributed by atoms with Crippen molar-refractivity contribution in [2.24, 2.45) is 5.92 Å². The summed E-state index contributed by atoms with van der Waals surface area (Å²) in [7, 11) is 0. The molecule has 1 aliphatic carbocycles. The number of hydrogen-bond acceptors (Lipinski definition) is 1. The van der Waals surface area contributed by atoms with E-state index in [1.54, 1.807) is 0 Å². The van der Waals surface area contributed by atoms with Gasteiger partial charge >= 0.3 is 0 Å². The number of likely N-dealkylation sites (tertiary alicyclic amines) is 1. The van der Waals surface area contributed by atoms with Gasteiger partial charge in [0.2, 0.25) is 0 Å². The van der Waals surface area contributed by atoms with Gasteiger partial charge in [-0.05, 0) is 62.9 Å². The summed E-state index contributed by atoms with van der Waals surface area (Å²) in [4.78, 5) is 2.65. The monoisotopic (exact) mass is 305 g/mol. The lowest BCUT2D eigenvalue weighted by molar-refractivity contribution is 0.133. The second-order valence-corrected chi connectivity index (χ2v) is 6.93. The van der Waals surface area contributed by atoms with Crippen LogP contribution in [0.2, 0.25) is 0 Å². The minimum Gasteiger partial charge on any atom is -0.290 e. The van der Waals surface area contributed by atoms with Crippen molar-refractivity contribution < 1.29 is 0 Å². The highest BCUT2D eigenvalue weighted by Crippen LogP contribution is 2.30. The Morgan fingerprint density at radius 2 is 1.65 bits per heavy atom. The van der Waals surface area contributed by atoms with Crippen LogP contribution in [-0.2, 0) is 0 Å². The van der Waals surface area contributed by atoms with E-state index in [1.165, 1.54) is 64.5 Å². The minimum absolute atomic E-state index is 0.435. The number of hydrogen-bond donors (Lipinski definition) is 0. The lowest BCUT2D eigenvalue weighted by Gasteiger charge is -2.37. The van der Waals surface area contributed by atoms with E-state index in [0.717, 1.165) is 17.0 Å². The standard InChI is InChI=1S/C22H27N/c1-2-19-10-9-11-20(18-19)14-15-22(21-12-5-3-6-13-21)23-16-7-4-8-17-23/h1,9-11,18,21-22H,3-8,12-13,16-17H2/t22-/m0/s1. The molecular formula is C22H27N. The Morgan fingerprint density at radius 3 is 2.39 bits per heavy atom. The van der Waals surface area contributed by atoms with Gasteiger partial charge in [0.15, 0.2) is 0 Å². The van der Waals surface area contributed by atoms with Crippen molar-refractivity contribution in [3.63, 3.8) is 0 Å². The molecule has 1 aromatic carbocycles. The summed E-state index contributed by atoms with van der Waals surface area (Å²) in [6.45, 7) is 2.44. The van der Waals surface area contributed by atoms with Gasteiger partial charge in [0.05, 0.1) is 6.04 Å². The highest BCUT2D eigenvalue weighted by Gasteiger charge is 2.28. The van der Waals surface area contributed by atoms with Crippen molar-refractivity contribution in [3.05, 3.63) is 35.4 Å². The second-order valence-electron chi connectivity index (χ2n) is 6.93. The molecule has 1 heteroatoms. The van der Waals surface area contributed by atoms with Crippen LogP contribution in [0.1, 0.15) is 62.5 Å².